The Bertz CT molecular complexity index is 386. The summed E-state index contributed by atoms with van der Waals surface area (Å²) in [7, 11) is 0. The minimum absolute atomic E-state index is 0.0305. The Labute approximate surface area is 127 Å². The van der Waals surface area contributed by atoms with Gasteiger partial charge in [0, 0.05) is 38.1 Å². The predicted octanol–water partition coefficient (Wildman–Crippen LogP) is 1.22. The highest BCUT2D eigenvalue weighted by atomic mass is 16.2. The van der Waals surface area contributed by atoms with Gasteiger partial charge in [-0.15, -0.1) is 0 Å². The summed E-state index contributed by atoms with van der Waals surface area (Å²) in [6.45, 7) is 6.89. The van der Waals surface area contributed by atoms with Crippen LogP contribution in [0.3, 0.4) is 0 Å². The maximum atomic E-state index is 12.6. The molecule has 0 aromatic carbocycles. The van der Waals surface area contributed by atoms with Crippen molar-refractivity contribution >= 4 is 11.8 Å². The first-order valence-electron chi connectivity index (χ1n) is 8.36. The van der Waals surface area contributed by atoms with E-state index in [1.807, 2.05) is 23.6 Å². The first-order chi connectivity index (χ1) is 10.0. The van der Waals surface area contributed by atoms with Crippen molar-refractivity contribution in [3.8, 4) is 0 Å². The molecule has 0 saturated carbocycles. The maximum Gasteiger partial charge on any atom is 0.227 e. The van der Waals surface area contributed by atoms with Gasteiger partial charge in [-0.3, -0.25) is 9.59 Å². The van der Waals surface area contributed by atoms with E-state index < -0.39 is 0 Å². The number of nitrogens with zero attached hydrogens (tertiary/aromatic N) is 2. The number of nitrogens with two attached hydrogens (primary N) is 1. The Morgan fingerprint density at radius 3 is 2.48 bits per heavy atom. The summed E-state index contributed by atoms with van der Waals surface area (Å²) in [4.78, 5) is 28.8. The molecule has 3 unspecified atom stereocenters. The van der Waals surface area contributed by atoms with Crippen LogP contribution in [0.1, 0.15) is 46.0 Å². The average Bonchev–Trinajstić information content (AvgIpc) is 2.52. The smallest absolute Gasteiger partial charge is 0.227 e. The molecule has 2 aliphatic heterocycles. The largest absolute Gasteiger partial charge is 0.342 e. The van der Waals surface area contributed by atoms with Crippen molar-refractivity contribution in [2.75, 3.05) is 26.2 Å². The predicted molar refractivity (Wildman–Crippen MR) is 82.5 cm³/mol. The molecule has 2 N–H and O–H groups in total. The summed E-state index contributed by atoms with van der Waals surface area (Å²) in [5.74, 6) is 0.427. The molecule has 0 aromatic rings. The molecule has 0 radical (unpaired) electrons. The second kappa shape index (κ2) is 7.25. The van der Waals surface area contributed by atoms with Gasteiger partial charge in [0.2, 0.25) is 11.8 Å². The standard InChI is InChI=1S/C16H29N3O2/c1-3-12(2)15(20)18-8-4-6-13(10-18)16(21)19-9-5-7-14(17)11-19/h12-14H,3-11,17H2,1-2H3. The lowest BCUT2D eigenvalue weighted by atomic mass is 9.94. The Morgan fingerprint density at radius 1 is 1.14 bits per heavy atom. The molecule has 0 aromatic heterocycles. The van der Waals surface area contributed by atoms with Gasteiger partial charge < -0.3 is 15.5 Å². The first kappa shape index (κ1) is 16.3. The fourth-order valence-corrected chi connectivity index (χ4v) is 3.33. The SMILES string of the molecule is CCC(C)C(=O)N1CCCC(C(=O)N2CCCC(N)C2)C1. The van der Waals surface area contributed by atoms with Gasteiger partial charge in [0.05, 0.1) is 5.92 Å². The summed E-state index contributed by atoms with van der Waals surface area (Å²) in [5, 5.41) is 0. The lowest BCUT2D eigenvalue weighted by Crippen LogP contribution is -2.52. The van der Waals surface area contributed by atoms with Crippen molar-refractivity contribution in [2.45, 2.75) is 52.0 Å². The highest BCUT2D eigenvalue weighted by Crippen LogP contribution is 2.22. The number of amides is 2. The monoisotopic (exact) mass is 295 g/mol. The molecule has 0 aliphatic carbocycles. The zero-order valence-corrected chi connectivity index (χ0v) is 13.4. The van der Waals surface area contributed by atoms with Crippen molar-refractivity contribution in [2.24, 2.45) is 17.6 Å². The molecule has 2 saturated heterocycles. The quantitative estimate of drug-likeness (QED) is 0.851. The molecule has 5 heteroatoms. The molecule has 2 amide bonds. The normalized spacial score (nSPS) is 28.3. The molecule has 0 spiro atoms. The van der Waals surface area contributed by atoms with Crippen molar-refractivity contribution in [1.29, 1.82) is 0 Å². The zero-order chi connectivity index (χ0) is 15.4. The molecule has 3 atom stereocenters. The van der Waals surface area contributed by atoms with Gasteiger partial charge in [0.15, 0.2) is 0 Å². The van der Waals surface area contributed by atoms with E-state index in [-0.39, 0.29) is 29.7 Å². The van der Waals surface area contributed by atoms with E-state index in [2.05, 4.69) is 0 Å². The summed E-state index contributed by atoms with van der Waals surface area (Å²) in [5.41, 5.74) is 5.97. The van der Waals surface area contributed by atoms with Gasteiger partial charge >= 0.3 is 0 Å². The van der Waals surface area contributed by atoms with Gasteiger partial charge in [-0.05, 0) is 32.1 Å². The van der Waals surface area contributed by atoms with E-state index in [9.17, 15) is 9.59 Å². The molecular formula is C16H29N3O2. The third kappa shape index (κ3) is 3.96. The number of carbonyl (C=O) groups excluding carboxylic acids is 2. The van der Waals surface area contributed by atoms with Crippen LogP contribution in [0.15, 0.2) is 0 Å². The van der Waals surface area contributed by atoms with Gasteiger partial charge in [-0.2, -0.15) is 0 Å². The van der Waals surface area contributed by atoms with Crippen LogP contribution in [-0.4, -0.2) is 53.8 Å². The van der Waals surface area contributed by atoms with Crippen LogP contribution in [-0.2, 0) is 9.59 Å². The van der Waals surface area contributed by atoms with Crippen molar-refractivity contribution in [3.63, 3.8) is 0 Å². The van der Waals surface area contributed by atoms with Crippen LogP contribution in [0.2, 0.25) is 0 Å². The Hall–Kier alpha value is -1.10. The van der Waals surface area contributed by atoms with Gasteiger partial charge in [-0.1, -0.05) is 13.8 Å². The molecule has 2 aliphatic rings. The summed E-state index contributed by atoms with van der Waals surface area (Å²) in [6.07, 6.45) is 4.68. The molecule has 2 rings (SSSR count). The molecule has 2 fully saturated rings. The fourth-order valence-electron chi connectivity index (χ4n) is 3.33. The Balaban J connectivity index is 1.94. The van der Waals surface area contributed by atoms with E-state index in [0.29, 0.717) is 13.1 Å². The summed E-state index contributed by atoms with van der Waals surface area (Å²) in [6, 6.07) is 0.115. The van der Waals surface area contributed by atoms with E-state index in [0.717, 1.165) is 45.2 Å². The first-order valence-corrected chi connectivity index (χ1v) is 8.36. The van der Waals surface area contributed by atoms with Crippen LogP contribution in [0.4, 0.5) is 0 Å². The molecule has 120 valence electrons. The fraction of sp³-hybridized carbons (Fsp3) is 0.875. The van der Waals surface area contributed by atoms with Gasteiger partial charge in [-0.25, -0.2) is 0 Å². The van der Waals surface area contributed by atoms with Gasteiger partial charge in [0.1, 0.15) is 0 Å². The molecule has 0 bridgehead atoms. The van der Waals surface area contributed by atoms with Crippen LogP contribution in [0.5, 0.6) is 0 Å². The lowest BCUT2D eigenvalue weighted by molar-refractivity contribution is -0.143. The number of rotatable bonds is 3. The number of piperidine rings is 2. The summed E-state index contributed by atoms with van der Waals surface area (Å²) >= 11 is 0. The van der Waals surface area contributed by atoms with Crippen LogP contribution < -0.4 is 5.73 Å². The van der Waals surface area contributed by atoms with Crippen molar-refractivity contribution < 1.29 is 9.59 Å². The topological polar surface area (TPSA) is 66.6 Å². The Morgan fingerprint density at radius 2 is 1.81 bits per heavy atom. The van der Waals surface area contributed by atoms with Crippen LogP contribution in [0.25, 0.3) is 0 Å². The number of carbonyl (C=O) groups is 2. The number of likely N-dealkylation sites (tertiary alicyclic amines) is 2. The highest BCUT2D eigenvalue weighted by Gasteiger charge is 2.33. The zero-order valence-electron chi connectivity index (χ0n) is 13.4. The Kier molecular flexibility index (Phi) is 5.62. The summed E-state index contributed by atoms with van der Waals surface area (Å²) < 4.78 is 0. The maximum absolute atomic E-state index is 12.6. The second-order valence-electron chi connectivity index (χ2n) is 6.62. The van der Waals surface area contributed by atoms with Crippen LogP contribution >= 0.6 is 0 Å². The van der Waals surface area contributed by atoms with Gasteiger partial charge in [0.25, 0.3) is 0 Å². The van der Waals surface area contributed by atoms with E-state index in [1.54, 1.807) is 0 Å². The molecular weight excluding hydrogens is 266 g/mol. The minimum atomic E-state index is -0.0305. The lowest BCUT2D eigenvalue weighted by Gasteiger charge is -2.38. The van der Waals surface area contributed by atoms with Crippen molar-refractivity contribution in [1.82, 2.24) is 9.80 Å². The molecule has 21 heavy (non-hydrogen) atoms. The van der Waals surface area contributed by atoms with Crippen molar-refractivity contribution in [3.05, 3.63) is 0 Å². The molecule has 2 heterocycles. The molecule has 5 nitrogen and oxygen atoms in total. The minimum Gasteiger partial charge on any atom is -0.342 e. The van der Waals surface area contributed by atoms with E-state index >= 15 is 0 Å². The number of hydrogen-bond donors (Lipinski definition) is 1. The number of hydrogen-bond acceptors (Lipinski definition) is 3. The van der Waals surface area contributed by atoms with E-state index in [1.165, 1.54) is 0 Å². The van der Waals surface area contributed by atoms with Crippen LogP contribution in [0, 0.1) is 11.8 Å². The second-order valence-corrected chi connectivity index (χ2v) is 6.62. The third-order valence-corrected chi connectivity index (χ3v) is 4.89. The average molecular weight is 295 g/mol. The van der Waals surface area contributed by atoms with E-state index in [4.69, 9.17) is 5.73 Å². The highest BCUT2D eigenvalue weighted by molar-refractivity contribution is 5.82. The third-order valence-electron chi connectivity index (χ3n) is 4.89.